The summed E-state index contributed by atoms with van der Waals surface area (Å²) in [5.74, 6) is 0.564. The van der Waals surface area contributed by atoms with E-state index < -0.39 is 10.0 Å². The lowest BCUT2D eigenvalue weighted by atomic mass is 9.88. The molecule has 2 N–H and O–H groups in total. The average molecular weight is 283 g/mol. The molecule has 1 fully saturated rings. The van der Waals surface area contributed by atoms with E-state index in [4.69, 9.17) is 0 Å². The summed E-state index contributed by atoms with van der Waals surface area (Å²) in [5.41, 5.74) is 0.443. The Hall–Kier alpha value is -0.910. The lowest BCUT2D eigenvalue weighted by Crippen LogP contribution is -2.38. The maximum Gasteiger partial charge on any atom is 0.241 e. The van der Waals surface area contributed by atoms with Crippen LogP contribution >= 0.6 is 0 Å². The Morgan fingerprint density at radius 2 is 2.05 bits per heavy atom. The Labute approximate surface area is 114 Å². The van der Waals surface area contributed by atoms with Crippen molar-refractivity contribution in [1.82, 2.24) is 4.72 Å². The lowest BCUT2D eigenvalue weighted by molar-refractivity contribution is 0.278. The van der Waals surface area contributed by atoms with Gasteiger partial charge >= 0.3 is 0 Å². The van der Waals surface area contributed by atoms with Gasteiger partial charge < -0.3 is 5.11 Å². The van der Waals surface area contributed by atoms with Gasteiger partial charge in [-0.1, -0.05) is 38.0 Å². The van der Waals surface area contributed by atoms with E-state index in [0.717, 1.165) is 19.3 Å². The Morgan fingerprint density at radius 3 is 2.74 bits per heavy atom. The van der Waals surface area contributed by atoms with E-state index in [9.17, 15) is 13.5 Å². The molecule has 2 unspecified atom stereocenters. The van der Waals surface area contributed by atoms with Crippen LogP contribution in [-0.2, 0) is 16.6 Å². The molecule has 1 aromatic rings. The molecular weight excluding hydrogens is 262 g/mol. The van der Waals surface area contributed by atoms with Gasteiger partial charge in [-0.2, -0.15) is 0 Å². The maximum absolute atomic E-state index is 12.4. The van der Waals surface area contributed by atoms with Crippen molar-refractivity contribution in [2.45, 2.75) is 50.2 Å². The summed E-state index contributed by atoms with van der Waals surface area (Å²) in [4.78, 5) is 0.190. The molecule has 1 saturated carbocycles. The molecule has 0 radical (unpaired) electrons. The summed E-state index contributed by atoms with van der Waals surface area (Å²) < 4.78 is 27.5. The van der Waals surface area contributed by atoms with Gasteiger partial charge in [0, 0.05) is 6.04 Å². The highest BCUT2D eigenvalue weighted by atomic mass is 32.2. The molecule has 1 aliphatic carbocycles. The molecule has 1 aliphatic rings. The Balaban J connectivity index is 2.18. The number of benzene rings is 1. The molecule has 2 atom stereocenters. The predicted molar refractivity (Wildman–Crippen MR) is 74.1 cm³/mol. The van der Waals surface area contributed by atoms with E-state index in [2.05, 4.69) is 11.6 Å². The minimum atomic E-state index is -3.54. The minimum absolute atomic E-state index is 0.0144. The van der Waals surface area contributed by atoms with Gasteiger partial charge in [-0.3, -0.25) is 0 Å². The first-order valence-electron chi connectivity index (χ1n) is 6.74. The molecule has 19 heavy (non-hydrogen) atoms. The summed E-state index contributed by atoms with van der Waals surface area (Å²) in [6.45, 7) is 1.89. The van der Waals surface area contributed by atoms with E-state index in [1.807, 2.05) is 0 Å². The summed E-state index contributed by atoms with van der Waals surface area (Å²) in [5, 5.41) is 9.24. The third kappa shape index (κ3) is 3.55. The maximum atomic E-state index is 12.4. The smallest absolute Gasteiger partial charge is 0.241 e. The van der Waals surface area contributed by atoms with Crippen molar-refractivity contribution in [3.63, 3.8) is 0 Å². The van der Waals surface area contributed by atoms with Crippen LogP contribution in [0.3, 0.4) is 0 Å². The van der Waals surface area contributed by atoms with E-state index in [0.29, 0.717) is 11.5 Å². The highest BCUT2D eigenvalue weighted by molar-refractivity contribution is 7.89. The highest BCUT2D eigenvalue weighted by Gasteiger charge is 2.25. The molecule has 0 bridgehead atoms. The molecule has 0 spiro atoms. The predicted octanol–water partition coefficient (Wildman–Crippen LogP) is 2.04. The Morgan fingerprint density at radius 1 is 1.32 bits per heavy atom. The fourth-order valence-corrected chi connectivity index (χ4v) is 4.24. The third-order valence-electron chi connectivity index (χ3n) is 3.69. The first-order chi connectivity index (χ1) is 9.03. The second-order valence-electron chi connectivity index (χ2n) is 5.36. The zero-order chi connectivity index (χ0) is 13.9. The lowest BCUT2D eigenvalue weighted by Gasteiger charge is -2.27. The molecule has 0 aromatic heterocycles. The molecule has 4 nitrogen and oxygen atoms in total. The van der Waals surface area contributed by atoms with Gasteiger partial charge in [0.15, 0.2) is 0 Å². The Kier molecular flexibility index (Phi) is 4.60. The van der Waals surface area contributed by atoms with Crippen LogP contribution in [0.1, 0.15) is 38.2 Å². The quantitative estimate of drug-likeness (QED) is 0.888. The highest BCUT2D eigenvalue weighted by Crippen LogP contribution is 2.25. The molecule has 0 aliphatic heterocycles. The molecular formula is C14H21NO3S. The van der Waals surface area contributed by atoms with Crippen molar-refractivity contribution >= 4 is 10.0 Å². The standard InChI is InChI=1S/C14H21NO3S/c1-11-5-4-7-13(9-11)15-19(17,18)14-8-3-2-6-12(14)10-16/h2-3,6,8,11,13,15-16H,4-5,7,9-10H2,1H3. The van der Waals surface area contributed by atoms with Crippen molar-refractivity contribution in [2.24, 2.45) is 5.92 Å². The van der Waals surface area contributed by atoms with Crippen molar-refractivity contribution < 1.29 is 13.5 Å². The van der Waals surface area contributed by atoms with Crippen molar-refractivity contribution in [2.75, 3.05) is 0 Å². The van der Waals surface area contributed by atoms with Gasteiger partial charge in [0.2, 0.25) is 10.0 Å². The first kappa shape index (κ1) is 14.5. The van der Waals surface area contributed by atoms with Crippen LogP contribution in [0.25, 0.3) is 0 Å². The average Bonchev–Trinajstić information content (AvgIpc) is 2.38. The number of aliphatic hydroxyl groups excluding tert-OH is 1. The van der Waals surface area contributed by atoms with Gasteiger partial charge in [-0.25, -0.2) is 13.1 Å². The summed E-state index contributed by atoms with van der Waals surface area (Å²) in [6, 6.07) is 6.60. The minimum Gasteiger partial charge on any atom is -0.392 e. The number of nitrogens with one attached hydrogen (secondary N) is 1. The van der Waals surface area contributed by atoms with Crippen LogP contribution in [-0.4, -0.2) is 19.6 Å². The fraction of sp³-hybridized carbons (Fsp3) is 0.571. The van der Waals surface area contributed by atoms with E-state index in [1.54, 1.807) is 24.3 Å². The van der Waals surface area contributed by atoms with Crippen LogP contribution < -0.4 is 4.72 Å². The Bertz CT molecular complexity index is 527. The summed E-state index contributed by atoms with van der Waals surface area (Å²) in [6.07, 6.45) is 4.02. The van der Waals surface area contributed by atoms with Gasteiger partial charge in [-0.05, 0) is 30.4 Å². The van der Waals surface area contributed by atoms with Crippen molar-refractivity contribution in [3.8, 4) is 0 Å². The molecule has 0 amide bonds. The molecule has 1 aromatic carbocycles. The largest absolute Gasteiger partial charge is 0.392 e. The molecule has 0 saturated heterocycles. The SMILES string of the molecule is CC1CCCC(NS(=O)(=O)c2ccccc2CO)C1. The van der Waals surface area contributed by atoms with Crippen LogP contribution in [0.5, 0.6) is 0 Å². The van der Waals surface area contributed by atoms with Crippen LogP contribution in [0.4, 0.5) is 0 Å². The second kappa shape index (κ2) is 6.03. The van der Waals surface area contributed by atoms with Gasteiger partial charge in [0.1, 0.15) is 0 Å². The normalized spacial score (nSPS) is 24.3. The monoisotopic (exact) mass is 283 g/mol. The van der Waals surface area contributed by atoms with Crippen LogP contribution in [0.15, 0.2) is 29.2 Å². The van der Waals surface area contributed by atoms with Gasteiger partial charge in [0.25, 0.3) is 0 Å². The third-order valence-corrected chi connectivity index (χ3v) is 5.31. The van der Waals surface area contributed by atoms with Crippen LogP contribution in [0.2, 0.25) is 0 Å². The number of sulfonamides is 1. The molecule has 0 heterocycles. The molecule has 2 rings (SSSR count). The van der Waals surface area contributed by atoms with Gasteiger partial charge in [-0.15, -0.1) is 0 Å². The zero-order valence-corrected chi connectivity index (χ0v) is 12.0. The second-order valence-corrected chi connectivity index (χ2v) is 7.04. The number of rotatable bonds is 4. The van der Waals surface area contributed by atoms with Crippen molar-refractivity contribution in [1.29, 1.82) is 0 Å². The number of aliphatic hydroxyl groups is 1. The molecule has 5 heteroatoms. The van der Waals surface area contributed by atoms with Gasteiger partial charge in [0.05, 0.1) is 11.5 Å². The van der Waals surface area contributed by atoms with E-state index >= 15 is 0 Å². The van der Waals surface area contributed by atoms with Crippen molar-refractivity contribution in [3.05, 3.63) is 29.8 Å². The zero-order valence-electron chi connectivity index (χ0n) is 11.2. The fourth-order valence-electron chi connectivity index (χ4n) is 2.72. The number of hydrogen-bond acceptors (Lipinski definition) is 3. The summed E-state index contributed by atoms with van der Waals surface area (Å²) in [7, 11) is -3.54. The summed E-state index contributed by atoms with van der Waals surface area (Å²) >= 11 is 0. The van der Waals surface area contributed by atoms with E-state index in [1.165, 1.54) is 6.42 Å². The molecule has 106 valence electrons. The van der Waals surface area contributed by atoms with Crippen LogP contribution in [0, 0.1) is 5.92 Å². The first-order valence-corrected chi connectivity index (χ1v) is 8.22. The number of hydrogen-bond donors (Lipinski definition) is 2. The topological polar surface area (TPSA) is 66.4 Å². The van der Waals surface area contributed by atoms with E-state index in [-0.39, 0.29) is 17.5 Å².